The van der Waals surface area contributed by atoms with Crippen LogP contribution in [0.1, 0.15) is 5.56 Å². The van der Waals surface area contributed by atoms with Crippen molar-refractivity contribution in [1.29, 1.82) is 0 Å². The SMILES string of the molecule is CN=C(NCc1cccc2ccccc12)N1CCN(CC(=O)N2CCOCC2)CC1.I. The van der Waals surface area contributed by atoms with E-state index in [0.29, 0.717) is 32.8 Å². The van der Waals surface area contributed by atoms with Crippen LogP contribution in [0.25, 0.3) is 10.8 Å². The molecule has 2 aromatic carbocycles. The highest BCUT2D eigenvalue weighted by atomic mass is 127. The van der Waals surface area contributed by atoms with E-state index in [4.69, 9.17) is 4.74 Å². The summed E-state index contributed by atoms with van der Waals surface area (Å²) in [5.74, 6) is 1.13. The lowest BCUT2D eigenvalue weighted by Gasteiger charge is -2.37. The van der Waals surface area contributed by atoms with Crippen LogP contribution in [-0.2, 0) is 16.1 Å². The van der Waals surface area contributed by atoms with Gasteiger partial charge >= 0.3 is 0 Å². The van der Waals surface area contributed by atoms with Crippen molar-refractivity contribution >= 4 is 46.6 Å². The van der Waals surface area contributed by atoms with E-state index in [1.54, 1.807) is 0 Å². The van der Waals surface area contributed by atoms with E-state index in [1.165, 1.54) is 16.3 Å². The van der Waals surface area contributed by atoms with Crippen molar-refractivity contribution in [3.63, 3.8) is 0 Å². The summed E-state index contributed by atoms with van der Waals surface area (Å²) >= 11 is 0. The number of amides is 1. The number of fused-ring (bicyclic) bond motifs is 1. The summed E-state index contributed by atoms with van der Waals surface area (Å²) < 4.78 is 5.34. The molecular weight excluding hydrogens is 505 g/mol. The van der Waals surface area contributed by atoms with Crippen molar-refractivity contribution < 1.29 is 9.53 Å². The van der Waals surface area contributed by atoms with Crippen molar-refractivity contribution in [1.82, 2.24) is 20.0 Å². The first kappa shape index (κ1) is 23.7. The molecule has 168 valence electrons. The molecule has 2 heterocycles. The summed E-state index contributed by atoms with van der Waals surface area (Å²) in [7, 11) is 1.83. The number of piperazine rings is 1. The first-order valence-electron chi connectivity index (χ1n) is 10.7. The standard InChI is InChI=1S/C23H31N5O2.HI/c1-24-23(25-17-20-7-4-6-19-5-2-3-8-21(19)20)28-11-9-26(10-12-28)18-22(29)27-13-15-30-16-14-27;/h2-8H,9-18H2,1H3,(H,24,25);1H. The second-order valence-corrected chi connectivity index (χ2v) is 7.80. The number of rotatable bonds is 4. The third-order valence-corrected chi connectivity index (χ3v) is 5.92. The lowest BCUT2D eigenvalue weighted by molar-refractivity contribution is -0.136. The molecule has 2 aromatic rings. The van der Waals surface area contributed by atoms with Gasteiger partial charge in [0, 0.05) is 52.9 Å². The number of hydrogen-bond donors (Lipinski definition) is 1. The Hall–Kier alpha value is -1.91. The molecule has 0 bridgehead atoms. The number of aliphatic imine (C=N–C) groups is 1. The third-order valence-electron chi connectivity index (χ3n) is 5.92. The van der Waals surface area contributed by atoms with Gasteiger partial charge in [0.15, 0.2) is 5.96 Å². The van der Waals surface area contributed by atoms with Crippen LogP contribution in [0.5, 0.6) is 0 Å². The number of morpholine rings is 1. The maximum atomic E-state index is 12.5. The molecule has 31 heavy (non-hydrogen) atoms. The van der Waals surface area contributed by atoms with Crippen LogP contribution >= 0.6 is 24.0 Å². The van der Waals surface area contributed by atoms with Gasteiger partial charge in [0.25, 0.3) is 0 Å². The van der Waals surface area contributed by atoms with Gasteiger partial charge in [-0.3, -0.25) is 14.7 Å². The van der Waals surface area contributed by atoms with E-state index < -0.39 is 0 Å². The molecule has 0 radical (unpaired) electrons. The number of nitrogens with zero attached hydrogens (tertiary/aromatic N) is 4. The molecule has 0 aromatic heterocycles. The number of nitrogens with one attached hydrogen (secondary N) is 1. The normalized spacial score (nSPS) is 18.0. The van der Waals surface area contributed by atoms with Crippen LogP contribution in [-0.4, -0.2) is 92.6 Å². The molecule has 0 unspecified atom stereocenters. The first-order chi connectivity index (χ1) is 14.7. The quantitative estimate of drug-likeness (QED) is 0.368. The van der Waals surface area contributed by atoms with Crippen LogP contribution < -0.4 is 5.32 Å². The summed E-state index contributed by atoms with van der Waals surface area (Å²) in [5, 5.41) is 6.05. The highest BCUT2D eigenvalue weighted by molar-refractivity contribution is 14.0. The minimum Gasteiger partial charge on any atom is -0.378 e. The molecule has 2 aliphatic rings. The van der Waals surface area contributed by atoms with Crippen molar-refractivity contribution in [2.45, 2.75) is 6.54 Å². The molecule has 0 spiro atoms. The fourth-order valence-electron chi connectivity index (χ4n) is 4.18. The zero-order valence-corrected chi connectivity index (χ0v) is 20.5. The Morgan fingerprint density at radius 2 is 1.68 bits per heavy atom. The van der Waals surface area contributed by atoms with E-state index >= 15 is 0 Å². The summed E-state index contributed by atoms with van der Waals surface area (Å²) in [6.45, 7) is 7.43. The average molecular weight is 537 g/mol. The summed E-state index contributed by atoms with van der Waals surface area (Å²) in [6.07, 6.45) is 0. The predicted molar refractivity (Wildman–Crippen MR) is 135 cm³/mol. The van der Waals surface area contributed by atoms with Gasteiger partial charge in [-0.2, -0.15) is 0 Å². The maximum absolute atomic E-state index is 12.5. The van der Waals surface area contributed by atoms with E-state index in [0.717, 1.165) is 38.7 Å². The van der Waals surface area contributed by atoms with Crippen molar-refractivity contribution in [2.24, 2.45) is 4.99 Å². The molecule has 4 rings (SSSR count). The monoisotopic (exact) mass is 537 g/mol. The molecule has 2 aliphatic heterocycles. The lowest BCUT2D eigenvalue weighted by Crippen LogP contribution is -2.54. The Kier molecular flexibility index (Phi) is 8.91. The second-order valence-electron chi connectivity index (χ2n) is 7.80. The van der Waals surface area contributed by atoms with Crippen molar-refractivity contribution in [3.05, 3.63) is 48.0 Å². The molecule has 1 amide bonds. The van der Waals surface area contributed by atoms with E-state index in [-0.39, 0.29) is 29.9 Å². The Morgan fingerprint density at radius 1 is 0.968 bits per heavy atom. The van der Waals surface area contributed by atoms with Gasteiger partial charge in [-0.05, 0) is 16.3 Å². The molecule has 0 saturated carbocycles. The summed E-state index contributed by atoms with van der Waals surface area (Å²) in [5.41, 5.74) is 1.27. The highest BCUT2D eigenvalue weighted by Gasteiger charge is 2.24. The van der Waals surface area contributed by atoms with Crippen molar-refractivity contribution in [3.8, 4) is 0 Å². The molecule has 2 fully saturated rings. The maximum Gasteiger partial charge on any atom is 0.236 e. The number of hydrogen-bond acceptors (Lipinski definition) is 4. The van der Waals surface area contributed by atoms with Gasteiger partial charge in [0.1, 0.15) is 0 Å². The minimum atomic E-state index is 0. The van der Waals surface area contributed by atoms with E-state index in [9.17, 15) is 4.79 Å². The zero-order valence-electron chi connectivity index (χ0n) is 18.1. The van der Waals surface area contributed by atoms with E-state index in [1.807, 2.05) is 11.9 Å². The minimum absolute atomic E-state index is 0. The Morgan fingerprint density at radius 3 is 2.42 bits per heavy atom. The fraction of sp³-hybridized carbons (Fsp3) is 0.478. The number of guanidine groups is 1. The van der Waals surface area contributed by atoms with Crippen LogP contribution in [0.2, 0.25) is 0 Å². The van der Waals surface area contributed by atoms with Crippen molar-refractivity contribution in [2.75, 3.05) is 66.1 Å². The number of carbonyl (C=O) groups is 1. The number of benzene rings is 2. The topological polar surface area (TPSA) is 60.4 Å². The smallest absolute Gasteiger partial charge is 0.236 e. The molecule has 8 heteroatoms. The lowest BCUT2D eigenvalue weighted by atomic mass is 10.0. The molecule has 2 saturated heterocycles. The highest BCUT2D eigenvalue weighted by Crippen LogP contribution is 2.18. The van der Waals surface area contributed by atoms with Gasteiger partial charge < -0.3 is 19.9 Å². The summed E-state index contributed by atoms with van der Waals surface area (Å²) in [4.78, 5) is 23.4. The number of halogens is 1. The van der Waals surface area contributed by atoms with Gasteiger partial charge in [0.2, 0.25) is 5.91 Å². The predicted octanol–water partition coefficient (Wildman–Crippen LogP) is 2.01. The molecule has 1 N–H and O–H groups in total. The largest absolute Gasteiger partial charge is 0.378 e. The number of ether oxygens (including phenoxy) is 1. The Balaban J connectivity index is 0.00000272. The second kappa shape index (κ2) is 11.6. The van der Waals surface area contributed by atoms with Crippen LogP contribution in [0.4, 0.5) is 0 Å². The molecule has 0 aliphatic carbocycles. The average Bonchev–Trinajstić information content (AvgIpc) is 2.81. The van der Waals surface area contributed by atoms with Crippen LogP contribution in [0.3, 0.4) is 0 Å². The fourth-order valence-corrected chi connectivity index (χ4v) is 4.18. The Bertz CT molecular complexity index is 887. The molecule has 7 nitrogen and oxygen atoms in total. The van der Waals surface area contributed by atoms with E-state index in [2.05, 4.69) is 62.6 Å². The Labute approximate surface area is 201 Å². The van der Waals surface area contributed by atoms with Gasteiger partial charge in [0.05, 0.1) is 19.8 Å². The third kappa shape index (κ3) is 6.08. The van der Waals surface area contributed by atoms with Crippen LogP contribution in [0.15, 0.2) is 47.5 Å². The number of carbonyl (C=O) groups excluding carboxylic acids is 1. The van der Waals surface area contributed by atoms with Crippen LogP contribution in [0, 0.1) is 0 Å². The summed E-state index contributed by atoms with van der Waals surface area (Å²) in [6, 6.07) is 14.9. The van der Waals surface area contributed by atoms with Gasteiger partial charge in [-0.25, -0.2) is 0 Å². The van der Waals surface area contributed by atoms with Gasteiger partial charge in [-0.15, -0.1) is 24.0 Å². The molecular formula is C23H32IN5O2. The first-order valence-corrected chi connectivity index (χ1v) is 10.7. The van der Waals surface area contributed by atoms with Gasteiger partial charge in [-0.1, -0.05) is 42.5 Å². The molecule has 0 atom stereocenters. The zero-order chi connectivity index (χ0) is 20.8.